The van der Waals surface area contributed by atoms with Gasteiger partial charge >= 0.3 is 0 Å². The second-order valence-electron chi connectivity index (χ2n) is 3.81. The average molecular weight is 267 g/mol. The van der Waals surface area contributed by atoms with Crippen LogP contribution in [0.3, 0.4) is 0 Å². The molecule has 2 aromatic rings. The van der Waals surface area contributed by atoms with Gasteiger partial charge in [-0.15, -0.1) is 0 Å². The van der Waals surface area contributed by atoms with E-state index in [-0.39, 0.29) is 10.6 Å². The van der Waals surface area contributed by atoms with Crippen molar-refractivity contribution >= 4 is 11.6 Å². The fraction of sp³-hybridized carbons (Fsp3) is 0.143. The third kappa shape index (κ3) is 2.47. The minimum Gasteiger partial charge on any atom is -0.497 e. The number of methoxy groups -OCH3 is 1. The van der Waals surface area contributed by atoms with Crippen LogP contribution in [0.25, 0.3) is 0 Å². The molecule has 94 valence electrons. The first-order chi connectivity index (χ1) is 8.63. The van der Waals surface area contributed by atoms with E-state index in [0.29, 0.717) is 11.3 Å². The molecule has 0 aliphatic heterocycles. The fourth-order valence-electron chi connectivity index (χ4n) is 1.75. The number of aliphatic hydroxyl groups is 1. The summed E-state index contributed by atoms with van der Waals surface area (Å²) in [6, 6.07) is 11.1. The number of benzene rings is 2. The maximum atomic E-state index is 13.7. The van der Waals surface area contributed by atoms with Crippen molar-refractivity contribution in [1.82, 2.24) is 0 Å². The number of ether oxygens (including phenoxy) is 1. The summed E-state index contributed by atoms with van der Waals surface area (Å²) in [6.45, 7) is 0. The highest BCUT2D eigenvalue weighted by molar-refractivity contribution is 6.31. The molecule has 0 saturated carbocycles. The van der Waals surface area contributed by atoms with Crippen molar-refractivity contribution in [1.29, 1.82) is 0 Å². The molecule has 1 N–H and O–H groups in total. The van der Waals surface area contributed by atoms with Crippen molar-refractivity contribution in [2.24, 2.45) is 0 Å². The van der Waals surface area contributed by atoms with E-state index in [1.54, 1.807) is 30.3 Å². The van der Waals surface area contributed by atoms with Gasteiger partial charge in [0, 0.05) is 10.6 Å². The summed E-state index contributed by atoms with van der Waals surface area (Å²) in [5.41, 5.74) is 0.605. The van der Waals surface area contributed by atoms with Crippen LogP contribution in [0.5, 0.6) is 5.75 Å². The first-order valence-electron chi connectivity index (χ1n) is 5.39. The molecule has 0 aliphatic carbocycles. The Morgan fingerprint density at radius 1 is 1.22 bits per heavy atom. The van der Waals surface area contributed by atoms with Gasteiger partial charge in [0.1, 0.15) is 17.7 Å². The van der Waals surface area contributed by atoms with Crippen LogP contribution in [-0.2, 0) is 0 Å². The van der Waals surface area contributed by atoms with Crippen LogP contribution in [-0.4, -0.2) is 12.2 Å². The molecule has 2 nitrogen and oxygen atoms in total. The normalized spacial score (nSPS) is 12.2. The van der Waals surface area contributed by atoms with E-state index in [0.717, 1.165) is 0 Å². The molecule has 0 aromatic heterocycles. The van der Waals surface area contributed by atoms with Gasteiger partial charge in [-0.25, -0.2) is 4.39 Å². The molecule has 0 amide bonds. The van der Waals surface area contributed by atoms with Gasteiger partial charge in [-0.3, -0.25) is 0 Å². The predicted molar refractivity (Wildman–Crippen MR) is 68.5 cm³/mol. The van der Waals surface area contributed by atoms with E-state index in [9.17, 15) is 9.50 Å². The standard InChI is InChI=1S/C14H12ClFO2/c1-18-10-5-2-4-9(8-10)14(17)13-11(15)6-3-7-12(13)16/h2-8,14,17H,1H3. The van der Waals surface area contributed by atoms with Crippen molar-refractivity contribution in [2.45, 2.75) is 6.10 Å². The molecule has 18 heavy (non-hydrogen) atoms. The van der Waals surface area contributed by atoms with Crippen molar-refractivity contribution in [3.63, 3.8) is 0 Å². The highest BCUT2D eigenvalue weighted by Gasteiger charge is 2.18. The van der Waals surface area contributed by atoms with Crippen LogP contribution in [0, 0.1) is 5.82 Å². The molecule has 0 aliphatic rings. The Kier molecular flexibility index (Phi) is 3.84. The lowest BCUT2D eigenvalue weighted by molar-refractivity contribution is 0.214. The van der Waals surface area contributed by atoms with Crippen molar-refractivity contribution in [3.05, 3.63) is 64.4 Å². The minimum atomic E-state index is -1.12. The third-order valence-corrected chi connectivity index (χ3v) is 3.01. The van der Waals surface area contributed by atoms with Crippen LogP contribution < -0.4 is 4.74 Å². The van der Waals surface area contributed by atoms with Crippen LogP contribution in [0.4, 0.5) is 4.39 Å². The second kappa shape index (κ2) is 5.38. The summed E-state index contributed by atoms with van der Waals surface area (Å²) in [5.74, 6) is 0.0665. The van der Waals surface area contributed by atoms with E-state index in [1.807, 2.05) is 0 Å². The Bertz CT molecular complexity index is 537. The summed E-state index contributed by atoms with van der Waals surface area (Å²) in [5, 5.41) is 10.4. The third-order valence-electron chi connectivity index (χ3n) is 2.68. The molecule has 0 radical (unpaired) electrons. The molecular weight excluding hydrogens is 255 g/mol. The molecule has 1 atom stereocenters. The maximum Gasteiger partial charge on any atom is 0.130 e. The zero-order chi connectivity index (χ0) is 13.1. The van der Waals surface area contributed by atoms with Gasteiger partial charge in [0.15, 0.2) is 0 Å². The number of aliphatic hydroxyl groups excluding tert-OH is 1. The van der Waals surface area contributed by atoms with Gasteiger partial charge in [0.2, 0.25) is 0 Å². The maximum absolute atomic E-state index is 13.7. The quantitative estimate of drug-likeness (QED) is 0.920. The van der Waals surface area contributed by atoms with Gasteiger partial charge in [-0.1, -0.05) is 29.8 Å². The van der Waals surface area contributed by atoms with Crippen molar-refractivity contribution in [3.8, 4) is 5.75 Å². The number of halogens is 2. The van der Waals surface area contributed by atoms with Crippen LogP contribution in [0.15, 0.2) is 42.5 Å². The molecular formula is C14H12ClFO2. The van der Waals surface area contributed by atoms with Crippen LogP contribution in [0.1, 0.15) is 17.2 Å². The molecule has 0 saturated heterocycles. The predicted octanol–water partition coefficient (Wildman–Crippen LogP) is 3.57. The number of hydrogen-bond donors (Lipinski definition) is 1. The van der Waals surface area contributed by atoms with E-state index in [2.05, 4.69) is 0 Å². The molecule has 2 rings (SSSR count). The Hall–Kier alpha value is -1.58. The molecule has 0 bridgehead atoms. The van der Waals surface area contributed by atoms with Crippen molar-refractivity contribution in [2.75, 3.05) is 7.11 Å². The lowest BCUT2D eigenvalue weighted by Gasteiger charge is -2.14. The monoisotopic (exact) mass is 266 g/mol. The summed E-state index contributed by atoms with van der Waals surface area (Å²) in [7, 11) is 1.53. The summed E-state index contributed by atoms with van der Waals surface area (Å²) < 4.78 is 18.8. The molecule has 0 heterocycles. The summed E-state index contributed by atoms with van der Waals surface area (Å²) >= 11 is 5.92. The van der Waals surface area contributed by atoms with Gasteiger partial charge in [0.25, 0.3) is 0 Å². The van der Waals surface area contributed by atoms with Gasteiger partial charge in [-0.05, 0) is 29.8 Å². The first kappa shape index (κ1) is 12.9. The van der Waals surface area contributed by atoms with Crippen LogP contribution >= 0.6 is 11.6 Å². The second-order valence-corrected chi connectivity index (χ2v) is 4.22. The lowest BCUT2D eigenvalue weighted by Crippen LogP contribution is -2.03. The van der Waals surface area contributed by atoms with Crippen LogP contribution in [0.2, 0.25) is 5.02 Å². The molecule has 4 heteroatoms. The van der Waals surface area contributed by atoms with Gasteiger partial charge in [-0.2, -0.15) is 0 Å². The average Bonchev–Trinajstić information content (AvgIpc) is 2.38. The van der Waals surface area contributed by atoms with E-state index in [1.165, 1.54) is 19.2 Å². The summed E-state index contributed by atoms with van der Waals surface area (Å²) in [4.78, 5) is 0. The Labute approximate surface area is 110 Å². The number of rotatable bonds is 3. The zero-order valence-corrected chi connectivity index (χ0v) is 10.5. The first-order valence-corrected chi connectivity index (χ1v) is 5.77. The number of hydrogen-bond acceptors (Lipinski definition) is 2. The molecule has 0 fully saturated rings. The van der Waals surface area contributed by atoms with E-state index < -0.39 is 11.9 Å². The lowest BCUT2D eigenvalue weighted by atomic mass is 10.0. The highest BCUT2D eigenvalue weighted by atomic mass is 35.5. The smallest absolute Gasteiger partial charge is 0.130 e. The van der Waals surface area contributed by atoms with E-state index >= 15 is 0 Å². The Morgan fingerprint density at radius 3 is 2.61 bits per heavy atom. The molecule has 0 spiro atoms. The SMILES string of the molecule is COc1cccc(C(O)c2c(F)cccc2Cl)c1. The van der Waals surface area contributed by atoms with Crippen molar-refractivity contribution < 1.29 is 14.2 Å². The molecule has 2 aromatic carbocycles. The molecule has 1 unspecified atom stereocenters. The van der Waals surface area contributed by atoms with E-state index in [4.69, 9.17) is 16.3 Å². The Balaban J connectivity index is 2.44. The highest BCUT2D eigenvalue weighted by Crippen LogP contribution is 2.31. The summed E-state index contributed by atoms with van der Waals surface area (Å²) in [6.07, 6.45) is -1.12. The topological polar surface area (TPSA) is 29.5 Å². The fourth-order valence-corrected chi connectivity index (χ4v) is 2.02. The largest absolute Gasteiger partial charge is 0.497 e. The van der Waals surface area contributed by atoms with Gasteiger partial charge < -0.3 is 9.84 Å². The Morgan fingerprint density at radius 2 is 1.94 bits per heavy atom. The minimum absolute atomic E-state index is 0.0763. The van der Waals surface area contributed by atoms with Gasteiger partial charge in [0.05, 0.1) is 7.11 Å². The zero-order valence-electron chi connectivity index (χ0n) is 9.73.